The van der Waals surface area contributed by atoms with Gasteiger partial charge in [-0.1, -0.05) is 6.42 Å². The predicted molar refractivity (Wildman–Crippen MR) is 68.6 cm³/mol. The quantitative estimate of drug-likeness (QED) is 0.761. The summed E-state index contributed by atoms with van der Waals surface area (Å²) in [4.78, 5) is 0. The summed E-state index contributed by atoms with van der Waals surface area (Å²) in [6.45, 7) is 8.28. The van der Waals surface area contributed by atoms with Gasteiger partial charge in [-0.05, 0) is 46.5 Å². The first-order valence-corrected chi connectivity index (χ1v) is 5.95. The fraction of sp³-hybridized carbons (Fsp3) is 1.00. The van der Waals surface area contributed by atoms with Crippen molar-refractivity contribution in [2.45, 2.75) is 64.1 Å². The third-order valence-corrected chi connectivity index (χ3v) is 4.28. The molecule has 0 aromatic heterocycles. The predicted octanol–water partition coefficient (Wildman–Crippen LogP) is 2.17. The van der Waals surface area contributed by atoms with E-state index in [4.69, 9.17) is 15.0 Å². The minimum Gasteiger partial charge on any atom is -0.402 e. The van der Waals surface area contributed by atoms with Gasteiger partial charge in [0.2, 0.25) is 0 Å². The van der Waals surface area contributed by atoms with Gasteiger partial charge in [-0.3, -0.25) is 0 Å². The Hall–Kier alpha value is 0.235. The summed E-state index contributed by atoms with van der Waals surface area (Å²) in [5.41, 5.74) is 5.67. The van der Waals surface area contributed by atoms with E-state index in [1.54, 1.807) is 0 Å². The third kappa shape index (κ3) is 2.26. The topological polar surface area (TPSA) is 44.5 Å². The summed E-state index contributed by atoms with van der Waals surface area (Å²) in [5, 5.41) is 0. The normalized spacial score (nSPS) is 29.4. The first-order valence-electron chi connectivity index (χ1n) is 5.95. The summed E-state index contributed by atoms with van der Waals surface area (Å²) in [5.74, 6) is 0.638. The zero-order valence-electron chi connectivity index (χ0n) is 10.7. The molecular formula is C11H23BClNO2. The van der Waals surface area contributed by atoms with Crippen molar-refractivity contribution >= 4 is 19.5 Å². The Labute approximate surface area is 105 Å². The minimum atomic E-state index is -0.251. The van der Waals surface area contributed by atoms with Gasteiger partial charge in [0.05, 0.1) is 11.2 Å². The van der Waals surface area contributed by atoms with E-state index in [-0.39, 0.29) is 36.7 Å². The van der Waals surface area contributed by atoms with Crippen LogP contribution in [0.1, 0.15) is 47.0 Å². The van der Waals surface area contributed by atoms with Gasteiger partial charge >= 0.3 is 7.12 Å². The molecular weight excluding hydrogens is 224 g/mol. The highest BCUT2D eigenvalue weighted by Gasteiger charge is 2.54. The summed E-state index contributed by atoms with van der Waals surface area (Å²) >= 11 is 0. The van der Waals surface area contributed by atoms with E-state index in [1.165, 1.54) is 19.3 Å². The summed E-state index contributed by atoms with van der Waals surface area (Å²) in [6.07, 6.45) is 3.76. The first-order chi connectivity index (χ1) is 6.83. The smallest absolute Gasteiger partial charge is 0.402 e. The molecule has 3 nitrogen and oxygen atoms in total. The molecule has 2 rings (SSSR count). The SMILES string of the molecule is CC1(C)OB([C@H](N)C2CCC2)OC1(C)C.Cl. The van der Waals surface area contributed by atoms with Crippen LogP contribution in [0.5, 0.6) is 0 Å². The largest absolute Gasteiger partial charge is 0.476 e. The van der Waals surface area contributed by atoms with E-state index in [1.807, 2.05) is 0 Å². The minimum absolute atomic E-state index is 0. The molecule has 16 heavy (non-hydrogen) atoms. The molecule has 0 aromatic carbocycles. The van der Waals surface area contributed by atoms with Gasteiger partial charge in [-0.15, -0.1) is 12.4 Å². The maximum Gasteiger partial charge on any atom is 0.476 e. The zero-order chi connectivity index (χ0) is 11.3. The Balaban J connectivity index is 0.00000128. The molecule has 0 radical (unpaired) electrons. The number of rotatable bonds is 2. The van der Waals surface area contributed by atoms with Crippen molar-refractivity contribution in [3.05, 3.63) is 0 Å². The molecule has 5 heteroatoms. The molecule has 0 bridgehead atoms. The number of halogens is 1. The van der Waals surface area contributed by atoms with Gasteiger partial charge in [-0.25, -0.2) is 0 Å². The Morgan fingerprint density at radius 2 is 1.56 bits per heavy atom. The average molecular weight is 248 g/mol. The van der Waals surface area contributed by atoms with Crippen LogP contribution in [0.4, 0.5) is 0 Å². The lowest BCUT2D eigenvalue weighted by atomic mass is 9.64. The van der Waals surface area contributed by atoms with Crippen LogP contribution in [0.25, 0.3) is 0 Å². The van der Waals surface area contributed by atoms with E-state index in [9.17, 15) is 0 Å². The van der Waals surface area contributed by atoms with Gasteiger partial charge in [0.25, 0.3) is 0 Å². The van der Waals surface area contributed by atoms with Crippen LogP contribution in [0, 0.1) is 5.92 Å². The molecule has 1 aliphatic heterocycles. The zero-order valence-corrected chi connectivity index (χ0v) is 11.5. The van der Waals surface area contributed by atoms with Gasteiger partial charge in [0, 0.05) is 5.94 Å². The van der Waals surface area contributed by atoms with Crippen LogP contribution in [-0.2, 0) is 9.31 Å². The van der Waals surface area contributed by atoms with Crippen LogP contribution >= 0.6 is 12.4 Å². The van der Waals surface area contributed by atoms with Crippen LogP contribution in [0.2, 0.25) is 0 Å². The van der Waals surface area contributed by atoms with Crippen molar-refractivity contribution in [2.75, 3.05) is 0 Å². The Bertz CT molecular complexity index is 240. The molecule has 2 fully saturated rings. The molecule has 0 aromatic rings. The van der Waals surface area contributed by atoms with Crippen molar-refractivity contribution < 1.29 is 9.31 Å². The van der Waals surface area contributed by atoms with Crippen molar-refractivity contribution in [2.24, 2.45) is 11.7 Å². The Morgan fingerprint density at radius 3 is 1.88 bits per heavy atom. The lowest BCUT2D eigenvalue weighted by Crippen LogP contribution is -2.49. The monoisotopic (exact) mass is 247 g/mol. The standard InChI is InChI=1S/C11H22BNO2.ClH/c1-10(2)11(3,4)15-12(14-10)9(13)8-6-5-7-8;/h8-9H,5-7,13H2,1-4H3;1H/t9-;/m1./s1. The number of hydrogen-bond donors (Lipinski definition) is 1. The highest BCUT2D eigenvalue weighted by atomic mass is 35.5. The van der Waals surface area contributed by atoms with E-state index in [2.05, 4.69) is 27.7 Å². The summed E-state index contributed by atoms with van der Waals surface area (Å²) in [6, 6.07) is 0. The van der Waals surface area contributed by atoms with Crippen LogP contribution in [0.15, 0.2) is 0 Å². The summed E-state index contributed by atoms with van der Waals surface area (Å²) < 4.78 is 11.9. The molecule has 0 amide bonds. The van der Waals surface area contributed by atoms with E-state index in [0.29, 0.717) is 5.92 Å². The third-order valence-electron chi connectivity index (χ3n) is 4.28. The Morgan fingerprint density at radius 1 is 1.12 bits per heavy atom. The van der Waals surface area contributed by atoms with Gasteiger partial charge < -0.3 is 15.0 Å². The molecule has 1 atom stereocenters. The van der Waals surface area contributed by atoms with Gasteiger partial charge in [-0.2, -0.15) is 0 Å². The molecule has 1 heterocycles. The average Bonchev–Trinajstić information content (AvgIpc) is 2.17. The van der Waals surface area contributed by atoms with Crippen LogP contribution in [-0.4, -0.2) is 24.3 Å². The fourth-order valence-corrected chi connectivity index (χ4v) is 2.09. The molecule has 0 unspecified atom stereocenters. The van der Waals surface area contributed by atoms with E-state index in [0.717, 1.165) is 0 Å². The summed E-state index contributed by atoms with van der Waals surface area (Å²) in [7, 11) is -0.222. The van der Waals surface area contributed by atoms with Crippen molar-refractivity contribution in [1.29, 1.82) is 0 Å². The van der Waals surface area contributed by atoms with E-state index < -0.39 is 0 Å². The van der Waals surface area contributed by atoms with Gasteiger partial charge in [0.15, 0.2) is 0 Å². The number of nitrogens with two attached hydrogens (primary N) is 1. The van der Waals surface area contributed by atoms with Crippen molar-refractivity contribution in [1.82, 2.24) is 0 Å². The second-order valence-corrected chi connectivity index (χ2v) is 5.89. The molecule has 1 saturated carbocycles. The van der Waals surface area contributed by atoms with Crippen molar-refractivity contribution in [3.8, 4) is 0 Å². The first kappa shape index (κ1) is 14.3. The molecule has 2 aliphatic rings. The maximum atomic E-state index is 6.18. The maximum absolute atomic E-state index is 6.18. The highest BCUT2D eigenvalue weighted by Crippen LogP contribution is 2.40. The molecule has 1 saturated heterocycles. The van der Waals surface area contributed by atoms with Crippen LogP contribution < -0.4 is 5.73 Å². The lowest BCUT2D eigenvalue weighted by Gasteiger charge is -2.32. The molecule has 1 aliphatic carbocycles. The second-order valence-electron chi connectivity index (χ2n) is 5.89. The highest BCUT2D eigenvalue weighted by molar-refractivity contribution is 6.47. The van der Waals surface area contributed by atoms with Crippen LogP contribution in [0.3, 0.4) is 0 Å². The Kier molecular flexibility index (Phi) is 4.01. The molecule has 2 N–H and O–H groups in total. The molecule has 94 valence electrons. The van der Waals surface area contributed by atoms with E-state index >= 15 is 0 Å². The molecule has 0 spiro atoms. The van der Waals surface area contributed by atoms with Crippen molar-refractivity contribution in [3.63, 3.8) is 0 Å². The second kappa shape index (κ2) is 4.49. The van der Waals surface area contributed by atoms with Gasteiger partial charge in [0.1, 0.15) is 0 Å². The fourth-order valence-electron chi connectivity index (χ4n) is 2.09. The number of hydrogen-bond acceptors (Lipinski definition) is 3. The lowest BCUT2D eigenvalue weighted by molar-refractivity contribution is 0.00578.